The quantitative estimate of drug-likeness (QED) is 0.268. The lowest BCUT2D eigenvalue weighted by Crippen LogP contribution is -2.33. The van der Waals surface area contributed by atoms with E-state index in [0.717, 1.165) is 22.6 Å². The Balaban J connectivity index is 1.81. The summed E-state index contributed by atoms with van der Waals surface area (Å²) < 4.78 is 14.4. The third kappa shape index (κ3) is 5.92. The first-order chi connectivity index (χ1) is 20.6. The van der Waals surface area contributed by atoms with Crippen molar-refractivity contribution in [2.75, 3.05) is 14.2 Å². The van der Waals surface area contributed by atoms with Gasteiger partial charge in [0, 0.05) is 22.7 Å². The number of ether oxygens (including phenoxy) is 2. The van der Waals surface area contributed by atoms with Gasteiger partial charge in [0.2, 0.25) is 0 Å². The Morgan fingerprint density at radius 3 is 2.07 bits per heavy atom. The molecule has 0 saturated carbocycles. The Kier molecular flexibility index (Phi) is 8.15. The van der Waals surface area contributed by atoms with Crippen LogP contribution in [0.15, 0.2) is 89.9 Å². The number of hydrogen-bond donors (Lipinski definition) is 0. The smallest absolute Gasteiger partial charge is 0.273 e. The van der Waals surface area contributed by atoms with Gasteiger partial charge in [0.05, 0.1) is 30.1 Å². The van der Waals surface area contributed by atoms with Crippen LogP contribution in [0.25, 0.3) is 34.3 Å². The van der Waals surface area contributed by atoms with Gasteiger partial charge in [0.1, 0.15) is 33.5 Å². The van der Waals surface area contributed by atoms with Crippen LogP contribution in [-0.4, -0.2) is 34.4 Å². The molecule has 2 heterocycles. The van der Waals surface area contributed by atoms with E-state index in [1.165, 1.54) is 4.57 Å². The number of carbonyl (C=O) groups excluding carboxylic acids is 1. The largest absolute Gasteiger partial charge is 0.497 e. The molecule has 43 heavy (non-hydrogen) atoms. The van der Waals surface area contributed by atoms with Crippen molar-refractivity contribution >= 4 is 28.8 Å². The average Bonchev–Trinajstić information content (AvgIpc) is 3.58. The number of ketones is 1. The highest BCUT2D eigenvalue weighted by molar-refractivity contribution is 7.07. The number of para-hydroxylation sites is 1. The molecule has 0 N–H and O–H groups in total. The van der Waals surface area contributed by atoms with E-state index in [-0.39, 0.29) is 21.6 Å². The zero-order valence-corrected chi connectivity index (χ0v) is 25.3. The van der Waals surface area contributed by atoms with Crippen molar-refractivity contribution in [1.82, 2.24) is 14.3 Å². The lowest BCUT2D eigenvalue weighted by Gasteiger charge is -2.15. The number of aromatic nitrogens is 3. The van der Waals surface area contributed by atoms with Crippen LogP contribution in [0.5, 0.6) is 11.5 Å². The minimum absolute atomic E-state index is 0.0690. The number of thiazole rings is 1. The highest BCUT2D eigenvalue weighted by Crippen LogP contribution is 2.26. The Labute approximate surface area is 253 Å². The number of hydrogen-bond acceptors (Lipinski definition) is 7. The standard InChI is InChI=1S/C34H30N4O4S/c1-34(2,3)31(39)28(20-35)33-38(25-13-17-27(42-5)18-14-25)32(40)29(43-33)19-23-21-37(24-9-7-6-8-10-24)36-30(23)22-11-15-26(41-4)16-12-22/h6-19,21H,1-5H3/b29-19-,33-28-. The molecule has 0 saturated heterocycles. The van der Waals surface area contributed by atoms with Gasteiger partial charge in [-0.25, -0.2) is 4.68 Å². The van der Waals surface area contributed by atoms with E-state index in [4.69, 9.17) is 14.6 Å². The highest BCUT2D eigenvalue weighted by Gasteiger charge is 2.27. The van der Waals surface area contributed by atoms with E-state index in [1.54, 1.807) is 70.0 Å². The van der Waals surface area contributed by atoms with Gasteiger partial charge in [0.25, 0.3) is 5.56 Å². The number of benzene rings is 3. The molecule has 2 aromatic heterocycles. The van der Waals surface area contributed by atoms with Crippen LogP contribution in [0, 0.1) is 16.7 Å². The van der Waals surface area contributed by atoms with Crippen molar-refractivity contribution in [1.29, 1.82) is 5.26 Å². The first-order valence-electron chi connectivity index (χ1n) is 13.5. The Morgan fingerprint density at radius 1 is 0.907 bits per heavy atom. The molecular formula is C34H30N4O4S. The molecule has 0 amide bonds. The van der Waals surface area contributed by atoms with Gasteiger partial charge in [-0.2, -0.15) is 10.4 Å². The number of nitriles is 1. The molecule has 0 aliphatic heterocycles. The second-order valence-corrected chi connectivity index (χ2v) is 11.8. The third-order valence-corrected chi connectivity index (χ3v) is 7.89. The molecule has 0 fully saturated rings. The number of rotatable bonds is 7. The van der Waals surface area contributed by atoms with Crippen molar-refractivity contribution < 1.29 is 14.3 Å². The SMILES string of the molecule is COc1ccc(-c2nn(-c3ccccc3)cc2/C=c2\s/c(=C(/C#N)C(=O)C(C)(C)C)n(-c3ccc(OC)cc3)c2=O)cc1. The molecule has 3 aromatic carbocycles. The topological polar surface area (TPSA) is 99.1 Å². The molecular weight excluding hydrogens is 560 g/mol. The van der Waals surface area contributed by atoms with Crippen LogP contribution in [0.3, 0.4) is 0 Å². The number of nitrogens with zero attached hydrogens (tertiary/aromatic N) is 4. The molecule has 5 rings (SSSR count). The van der Waals surface area contributed by atoms with E-state index in [1.807, 2.05) is 60.8 Å². The monoisotopic (exact) mass is 590 g/mol. The summed E-state index contributed by atoms with van der Waals surface area (Å²) in [5.74, 6) is 0.985. The van der Waals surface area contributed by atoms with Crippen molar-refractivity contribution in [3.63, 3.8) is 0 Å². The third-order valence-electron chi connectivity index (χ3n) is 6.80. The fourth-order valence-electron chi connectivity index (χ4n) is 4.51. The Morgan fingerprint density at radius 2 is 1.51 bits per heavy atom. The van der Waals surface area contributed by atoms with E-state index in [2.05, 4.69) is 6.07 Å². The second kappa shape index (κ2) is 12.0. The normalized spacial score (nSPS) is 12.5. The average molecular weight is 591 g/mol. The van der Waals surface area contributed by atoms with Crippen molar-refractivity contribution in [3.8, 4) is 40.2 Å². The minimum Gasteiger partial charge on any atom is -0.497 e. The summed E-state index contributed by atoms with van der Waals surface area (Å²) in [7, 11) is 3.17. The number of Topliss-reactive ketones (excluding diaryl/α,β-unsaturated/α-hetero) is 1. The molecule has 8 nitrogen and oxygen atoms in total. The van der Waals surface area contributed by atoms with E-state index < -0.39 is 5.41 Å². The first-order valence-corrected chi connectivity index (χ1v) is 14.3. The molecule has 0 radical (unpaired) electrons. The minimum atomic E-state index is -0.821. The fraction of sp³-hybridized carbons (Fsp3) is 0.176. The van der Waals surface area contributed by atoms with Crippen LogP contribution in [-0.2, 0) is 4.79 Å². The Bertz CT molecular complexity index is 2010. The van der Waals surface area contributed by atoms with Gasteiger partial charge in [0.15, 0.2) is 5.78 Å². The van der Waals surface area contributed by atoms with Gasteiger partial charge in [-0.3, -0.25) is 14.2 Å². The lowest BCUT2D eigenvalue weighted by atomic mass is 9.87. The number of carbonyl (C=O) groups is 1. The maximum absolute atomic E-state index is 14.1. The lowest BCUT2D eigenvalue weighted by molar-refractivity contribution is -0.120. The second-order valence-electron chi connectivity index (χ2n) is 10.8. The summed E-state index contributed by atoms with van der Waals surface area (Å²) in [5, 5.41) is 15.0. The van der Waals surface area contributed by atoms with Crippen LogP contribution < -0.4 is 24.2 Å². The van der Waals surface area contributed by atoms with Crippen molar-refractivity contribution in [2.45, 2.75) is 20.8 Å². The molecule has 0 unspecified atom stereocenters. The van der Waals surface area contributed by atoms with Crippen LogP contribution >= 0.6 is 11.3 Å². The predicted molar refractivity (Wildman–Crippen MR) is 168 cm³/mol. The maximum Gasteiger partial charge on any atom is 0.273 e. The first kappa shape index (κ1) is 29.3. The van der Waals surface area contributed by atoms with Crippen LogP contribution in [0.1, 0.15) is 26.3 Å². The summed E-state index contributed by atoms with van der Waals surface area (Å²) in [6.07, 6.45) is 3.62. The summed E-state index contributed by atoms with van der Waals surface area (Å²) in [4.78, 5) is 27.5. The zero-order valence-electron chi connectivity index (χ0n) is 24.5. The van der Waals surface area contributed by atoms with E-state index >= 15 is 0 Å². The van der Waals surface area contributed by atoms with Gasteiger partial charge in [-0.05, 0) is 66.7 Å². The van der Waals surface area contributed by atoms with E-state index in [9.17, 15) is 14.9 Å². The molecule has 0 aliphatic rings. The van der Waals surface area contributed by atoms with Gasteiger partial charge < -0.3 is 9.47 Å². The maximum atomic E-state index is 14.1. The molecule has 0 aliphatic carbocycles. The molecule has 0 atom stereocenters. The van der Waals surface area contributed by atoms with Gasteiger partial charge in [-0.15, -0.1) is 11.3 Å². The molecule has 216 valence electrons. The summed E-state index contributed by atoms with van der Waals surface area (Å²) >= 11 is 1.10. The molecule has 9 heteroatoms. The molecule has 0 bridgehead atoms. The van der Waals surface area contributed by atoms with Crippen LogP contribution in [0.2, 0.25) is 0 Å². The van der Waals surface area contributed by atoms with E-state index in [0.29, 0.717) is 33.0 Å². The summed E-state index contributed by atoms with van der Waals surface area (Å²) in [6.45, 7) is 5.26. The van der Waals surface area contributed by atoms with Crippen molar-refractivity contribution in [2.24, 2.45) is 5.41 Å². The fourth-order valence-corrected chi connectivity index (χ4v) is 5.60. The summed E-state index contributed by atoms with van der Waals surface area (Å²) in [5.41, 5.74) is 2.32. The van der Waals surface area contributed by atoms with Crippen molar-refractivity contribution in [3.05, 3.63) is 110 Å². The van der Waals surface area contributed by atoms with Gasteiger partial charge >= 0.3 is 0 Å². The Hall–Kier alpha value is -5.20. The highest BCUT2D eigenvalue weighted by atomic mass is 32.1. The van der Waals surface area contributed by atoms with Crippen LogP contribution in [0.4, 0.5) is 0 Å². The summed E-state index contributed by atoms with van der Waals surface area (Å²) in [6, 6.07) is 26.2. The van der Waals surface area contributed by atoms with Gasteiger partial charge in [-0.1, -0.05) is 39.0 Å². The molecule has 5 aromatic rings. The number of methoxy groups -OCH3 is 2. The zero-order chi connectivity index (χ0) is 30.7. The molecule has 0 spiro atoms. The predicted octanol–water partition coefficient (Wildman–Crippen LogP) is 4.89.